The average molecular weight is 469 g/mol. The van der Waals surface area contributed by atoms with Crippen LogP contribution in [0.1, 0.15) is 22.7 Å². The number of hydrogen-bond donors (Lipinski definition) is 1. The number of methoxy groups -OCH3 is 1. The number of rotatable bonds is 4. The maximum atomic E-state index is 13.2. The maximum absolute atomic E-state index is 13.2. The van der Waals surface area contributed by atoms with E-state index < -0.39 is 17.7 Å². The summed E-state index contributed by atoms with van der Waals surface area (Å²) in [7, 11) is 1.45. The summed E-state index contributed by atoms with van der Waals surface area (Å²) in [6, 6.07) is 12.3. The largest absolute Gasteiger partial charge is 0.507 e. The predicted molar refractivity (Wildman–Crippen MR) is 123 cm³/mol. The van der Waals surface area contributed by atoms with Crippen molar-refractivity contribution in [2.24, 2.45) is 0 Å². The monoisotopic (exact) mass is 468 g/mol. The van der Waals surface area contributed by atoms with Crippen molar-refractivity contribution in [3.05, 3.63) is 93.2 Å². The molecule has 4 rings (SSSR count). The Morgan fingerprint density at radius 1 is 1.06 bits per heavy atom. The SMILES string of the molecule is COc1cc(/C(O)=C2\C(=O)C(=O)N(c3cccc(Cl)c3C)C2c2ccncc2)ccc1Cl. The zero-order chi connectivity index (χ0) is 23.0. The number of amides is 1. The summed E-state index contributed by atoms with van der Waals surface area (Å²) in [5, 5.41) is 12.0. The molecular weight excluding hydrogens is 451 g/mol. The Morgan fingerprint density at radius 3 is 2.47 bits per heavy atom. The van der Waals surface area contributed by atoms with Gasteiger partial charge in [0, 0.05) is 28.7 Å². The van der Waals surface area contributed by atoms with Crippen LogP contribution in [-0.2, 0) is 9.59 Å². The summed E-state index contributed by atoms with van der Waals surface area (Å²) in [6.45, 7) is 1.77. The zero-order valence-electron chi connectivity index (χ0n) is 17.2. The predicted octanol–water partition coefficient (Wildman–Crippen LogP) is 5.33. The van der Waals surface area contributed by atoms with E-state index in [9.17, 15) is 14.7 Å². The fourth-order valence-corrected chi connectivity index (χ4v) is 4.13. The third-order valence-corrected chi connectivity index (χ3v) is 6.11. The van der Waals surface area contributed by atoms with Gasteiger partial charge in [0.15, 0.2) is 0 Å². The highest BCUT2D eigenvalue weighted by atomic mass is 35.5. The molecule has 2 aromatic carbocycles. The number of Topliss-reactive ketones (excluding diaryl/α,β-unsaturated/α-hetero) is 1. The van der Waals surface area contributed by atoms with Crippen LogP contribution in [0.25, 0.3) is 5.76 Å². The number of halogens is 2. The molecular formula is C24H18Cl2N2O4. The van der Waals surface area contributed by atoms with Crippen LogP contribution in [0, 0.1) is 6.92 Å². The molecule has 0 bridgehead atoms. The van der Waals surface area contributed by atoms with Gasteiger partial charge >= 0.3 is 0 Å². The van der Waals surface area contributed by atoms with Crippen molar-refractivity contribution < 1.29 is 19.4 Å². The third-order valence-electron chi connectivity index (χ3n) is 5.39. The number of aliphatic hydroxyl groups excluding tert-OH is 1. The summed E-state index contributed by atoms with van der Waals surface area (Å²) < 4.78 is 5.23. The van der Waals surface area contributed by atoms with Crippen LogP contribution in [0.3, 0.4) is 0 Å². The number of benzene rings is 2. The first-order chi connectivity index (χ1) is 15.3. The second kappa shape index (κ2) is 8.65. The number of anilines is 1. The van der Waals surface area contributed by atoms with Gasteiger partial charge in [-0.25, -0.2) is 0 Å². The molecule has 0 spiro atoms. The first-order valence-electron chi connectivity index (χ1n) is 9.65. The first-order valence-corrected chi connectivity index (χ1v) is 10.4. The van der Waals surface area contributed by atoms with Crippen molar-refractivity contribution in [3.63, 3.8) is 0 Å². The minimum atomic E-state index is -0.878. The summed E-state index contributed by atoms with van der Waals surface area (Å²) in [5.41, 5.74) is 1.98. The van der Waals surface area contributed by atoms with Crippen LogP contribution in [0.15, 0.2) is 66.5 Å². The molecule has 1 fully saturated rings. The van der Waals surface area contributed by atoms with Gasteiger partial charge in [0.1, 0.15) is 11.5 Å². The number of pyridine rings is 1. The van der Waals surface area contributed by atoms with E-state index in [0.29, 0.717) is 38.2 Å². The second-order valence-electron chi connectivity index (χ2n) is 7.18. The van der Waals surface area contributed by atoms with Crippen molar-refractivity contribution in [1.29, 1.82) is 0 Å². The second-order valence-corrected chi connectivity index (χ2v) is 8.00. The molecule has 1 amide bonds. The summed E-state index contributed by atoms with van der Waals surface area (Å²) >= 11 is 12.4. The van der Waals surface area contributed by atoms with Crippen molar-refractivity contribution >= 4 is 46.3 Å². The molecule has 0 aliphatic carbocycles. The maximum Gasteiger partial charge on any atom is 0.300 e. The first kappa shape index (κ1) is 21.9. The zero-order valence-corrected chi connectivity index (χ0v) is 18.7. The molecule has 3 aromatic rings. The number of ketones is 1. The average Bonchev–Trinajstić information content (AvgIpc) is 3.06. The molecule has 162 valence electrons. The fourth-order valence-electron chi connectivity index (χ4n) is 3.76. The van der Waals surface area contributed by atoms with Crippen LogP contribution >= 0.6 is 23.2 Å². The van der Waals surface area contributed by atoms with Gasteiger partial charge in [0.2, 0.25) is 0 Å². The van der Waals surface area contributed by atoms with Gasteiger partial charge in [0.05, 0.1) is 23.7 Å². The Hall–Kier alpha value is -3.35. The van der Waals surface area contributed by atoms with Crippen LogP contribution in [0.2, 0.25) is 10.0 Å². The molecule has 0 radical (unpaired) electrons. The molecule has 32 heavy (non-hydrogen) atoms. The highest BCUT2D eigenvalue weighted by Crippen LogP contribution is 2.44. The molecule has 1 aromatic heterocycles. The molecule has 1 atom stereocenters. The van der Waals surface area contributed by atoms with Crippen LogP contribution in [0.5, 0.6) is 5.75 Å². The molecule has 0 saturated carbocycles. The quantitative estimate of drug-likeness (QED) is 0.317. The highest BCUT2D eigenvalue weighted by molar-refractivity contribution is 6.52. The van der Waals surface area contributed by atoms with Gasteiger partial charge in [-0.1, -0.05) is 29.3 Å². The lowest BCUT2D eigenvalue weighted by Gasteiger charge is -2.27. The van der Waals surface area contributed by atoms with E-state index >= 15 is 0 Å². The Morgan fingerprint density at radius 2 is 1.78 bits per heavy atom. The highest BCUT2D eigenvalue weighted by Gasteiger charge is 2.47. The number of nitrogens with zero attached hydrogens (tertiary/aromatic N) is 2. The van der Waals surface area contributed by atoms with Gasteiger partial charge in [-0.2, -0.15) is 0 Å². The molecule has 1 aliphatic rings. The number of ether oxygens (including phenoxy) is 1. The van der Waals surface area contributed by atoms with Crippen LogP contribution < -0.4 is 9.64 Å². The summed E-state index contributed by atoms with van der Waals surface area (Å²) in [5.74, 6) is -1.57. The lowest BCUT2D eigenvalue weighted by molar-refractivity contribution is -0.132. The Labute approximate surface area is 194 Å². The van der Waals surface area contributed by atoms with E-state index in [-0.39, 0.29) is 11.3 Å². The number of hydrogen-bond acceptors (Lipinski definition) is 5. The molecule has 1 unspecified atom stereocenters. The van der Waals surface area contributed by atoms with Gasteiger partial charge in [-0.15, -0.1) is 0 Å². The van der Waals surface area contributed by atoms with Gasteiger partial charge < -0.3 is 9.84 Å². The van der Waals surface area contributed by atoms with Gasteiger partial charge in [0.25, 0.3) is 11.7 Å². The minimum absolute atomic E-state index is 0.0510. The van der Waals surface area contributed by atoms with E-state index in [2.05, 4.69) is 4.98 Å². The van der Waals surface area contributed by atoms with E-state index in [1.165, 1.54) is 18.1 Å². The standard InChI is InChI=1S/C24H18Cl2N2O4/c1-13-16(25)4-3-5-18(13)28-21(14-8-10-27-11-9-14)20(23(30)24(28)31)22(29)15-6-7-17(26)19(12-15)32-2/h3-12,21,29H,1-2H3/b22-20+. The summed E-state index contributed by atoms with van der Waals surface area (Å²) in [4.78, 5) is 31.8. The van der Waals surface area contributed by atoms with Crippen LogP contribution in [-0.4, -0.2) is 28.9 Å². The number of carbonyl (C=O) groups is 2. The molecule has 1 aliphatic heterocycles. The van der Waals surface area contributed by atoms with Crippen LogP contribution in [0.4, 0.5) is 5.69 Å². The number of aliphatic hydroxyl groups is 1. The van der Waals surface area contributed by atoms with Crippen molar-refractivity contribution in [2.75, 3.05) is 12.0 Å². The van der Waals surface area contributed by atoms with E-state index in [1.807, 2.05) is 0 Å². The molecule has 8 heteroatoms. The summed E-state index contributed by atoms with van der Waals surface area (Å²) in [6.07, 6.45) is 3.12. The number of aromatic nitrogens is 1. The Kier molecular flexibility index (Phi) is 5.91. The van der Waals surface area contributed by atoms with Crippen molar-refractivity contribution in [1.82, 2.24) is 4.98 Å². The Bertz CT molecular complexity index is 1260. The van der Waals surface area contributed by atoms with Gasteiger partial charge in [-0.05, 0) is 60.5 Å². The third kappa shape index (κ3) is 3.61. The van der Waals surface area contributed by atoms with Crippen molar-refractivity contribution in [2.45, 2.75) is 13.0 Å². The molecule has 1 N–H and O–H groups in total. The fraction of sp³-hybridized carbons (Fsp3) is 0.125. The minimum Gasteiger partial charge on any atom is -0.507 e. The molecule has 6 nitrogen and oxygen atoms in total. The normalized spacial score (nSPS) is 17.6. The number of carbonyl (C=O) groups excluding carboxylic acids is 2. The molecule has 1 saturated heterocycles. The lowest BCUT2D eigenvalue weighted by Crippen LogP contribution is -2.30. The van der Waals surface area contributed by atoms with Crippen molar-refractivity contribution in [3.8, 4) is 5.75 Å². The van der Waals surface area contributed by atoms with E-state index in [0.717, 1.165) is 0 Å². The van der Waals surface area contributed by atoms with E-state index in [1.54, 1.807) is 61.8 Å². The lowest BCUT2D eigenvalue weighted by atomic mass is 9.95. The smallest absolute Gasteiger partial charge is 0.300 e. The topological polar surface area (TPSA) is 79.7 Å². The Balaban J connectivity index is 1.97. The molecule has 2 heterocycles. The van der Waals surface area contributed by atoms with Gasteiger partial charge in [-0.3, -0.25) is 19.5 Å². The van der Waals surface area contributed by atoms with E-state index in [4.69, 9.17) is 27.9 Å².